The van der Waals surface area contributed by atoms with Crippen molar-refractivity contribution in [2.75, 3.05) is 11.9 Å². The van der Waals surface area contributed by atoms with Crippen molar-refractivity contribution in [2.45, 2.75) is 32.2 Å². The molecule has 0 bridgehead atoms. The van der Waals surface area contributed by atoms with Gasteiger partial charge in [-0.1, -0.05) is 49.7 Å². The molecule has 5 heteroatoms. The van der Waals surface area contributed by atoms with Gasteiger partial charge in [-0.15, -0.1) is 12.4 Å². The van der Waals surface area contributed by atoms with Crippen LogP contribution in [0.25, 0.3) is 0 Å². The largest absolute Gasteiger partial charge is 0.494 e. The highest BCUT2D eigenvalue weighted by Gasteiger charge is 2.11. The number of hydrogen-bond donors (Lipinski definition) is 2. The summed E-state index contributed by atoms with van der Waals surface area (Å²) in [5, 5.41) is 2.87. The van der Waals surface area contributed by atoms with Crippen molar-refractivity contribution in [1.82, 2.24) is 0 Å². The summed E-state index contributed by atoms with van der Waals surface area (Å²) in [6.07, 6.45) is 2.35. The van der Waals surface area contributed by atoms with Gasteiger partial charge < -0.3 is 15.8 Å². The van der Waals surface area contributed by atoms with Crippen LogP contribution in [0.4, 0.5) is 5.69 Å². The Labute approximate surface area is 149 Å². The lowest BCUT2D eigenvalue weighted by molar-refractivity contribution is -0.116. The number of unbranched alkanes of at least 4 members (excludes halogenated alkanes) is 1. The maximum absolute atomic E-state index is 12.1. The number of nitrogens with two attached hydrogens (primary N) is 1. The highest BCUT2D eigenvalue weighted by atomic mass is 35.5. The molecule has 1 unspecified atom stereocenters. The summed E-state index contributed by atoms with van der Waals surface area (Å²) in [5.74, 6) is 0.663. The van der Waals surface area contributed by atoms with Gasteiger partial charge in [0.15, 0.2) is 0 Å². The van der Waals surface area contributed by atoms with Crippen LogP contribution in [0.3, 0.4) is 0 Å². The molecule has 24 heavy (non-hydrogen) atoms. The van der Waals surface area contributed by atoms with E-state index in [4.69, 9.17) is 10.5 Å². The van der Waals surface area contributed by atoms with E-state index in [0.29, 0.717) is 6.61 Å². The van der Waals surface area contributed by atoms with Crippen LogP contribution >= 0.6 is 12.4 Å². The number of nitrogens with one attached hydrogen (secondary N) is 1. The quantitative estimate of drug-likeness (QED) is 0.698. The molecule has 0 saturated carbocycles. The molecule has 0 saturated heterocycles. The second kappa shape index (κ2) is 10.7. The Morgan fingerprint density at radius 1 is 1.17 bits per heavy atom. The number of amides is 1. The summed E-state index contributed by atoms with van der Waals surface area (Å²) in [5.41, 5.74) is 7.76. The summed E-state index contributed by atoms with van der Waals surface area (Å²) in [4.78, 5) is 12.1. The Hall–Kier alpha value is -2.04. The van der Waals surface area contributed by atoms with E-state index in [1.54, 1.807) is 0 Å². The number of carbonyl (C=O) groups is 1. The van der Waals surface area contributed by atoms with Gasteiger partial charge in [-0.3, -0.25) is 4.79 Å². The second-order valence-electron chi connectivity index (χ2n) is 5.50. The van der Waals surface area contributed by atoms with Gasteiger partial charge in [0.25, 0.3) is 0 Å². The normalized spacial score (nSPS) is 11.2. The average molecular weight is 349 g/mol. The van der Waals surface area contributed by atoms with Crippen LogP contribution in [0.5, 0.6) is 5.75 Å². The molecule has 2 aromatic rings. The molecule has 0 spiro atoms. The van der Waals surface area contributed by atoms with Crippen LogP contribution in [0.1, 0.15) is 37.8 Å². The molecule has 3 N–H and O–H groups in total. The maximum atomic E-state index is 12.1. The van der Waals surface area contributed by atoms with Gasteiger partial charge in [-0.2, -0.15) is 0 Å². The number of benzene rings is 2. The molecule has 1 atom stereocenters. The highest BCUT2D eigenvalue weighted by molar-refractivity contribution is 5.91. The Morgan fingerprint density at radius 3 is 2.62 bits per heavy atom. The summed E-state index contributed by atoms with van der Waals surface area (Å²) < 4.78 is 5.64. The standard InChI is InChI=1S/C19H24N2O2.ClH/c1-2-3-12-23-17-11-7-10-16(13-17)21-19(22)14-18(20)15-8-5-4-6-9-15;/h4-11,13,18H,2-3,12,14,20H2,1H3,(H,21,22);1H. The number of halogens is 1. The molecule has 0 aliphatic heterocycles. The summed E-state index contributed by atoms with van der Waals surface area (Å²) in [6, 6.07) is 16.8. The van der Waals surface area contributed by atoms with E-state index < -0.39 is 0 Å². The zero-order chi connectivity index (χ0) is 16.5. The molecular weight excluding hydrogens is 324 g/mol. The Bertz CT molecular complexity index is 620. The van der Waals surface area contributed by atoms with E-state index >= 15 is 0 Å². The lowest BCUT2D eigenvalue weighted by atomic mass is 10.0. The summed E-state index contributed by atoms with van der Waals surface area (Å²) >= 11 is 0. The van der Waals surface area contributed by atoms with Crippen LogP contribution in [-0.4, -0.2) is 12.5 Å². The zero-order valence-corrected chi connectivity index (χ0v) is 14.7. The van der Waals surface area contributed by atoms with E-state index in [1.807, 2.05) is 54.6 Å². The van der Waals surface area contributed by atoms with Crippen LogP contribution in [0, 0.1) is 0 Å². The summed E-state index contributed by atoms with van der Waals surface area (Å²) in [6.45, 7) is 2.81. The number of ether oxygens (including phenoxy) is 1. The molecule has 130 valence electrons. The number of anilines is 1. The van der Waals surface area contributed by atoms with Crippen LogP contribution in [0.2, 0.25) is 0 Å². The lowest BCUT2D eigenvalue weighted by Gasteiger charge is -2.13. The molecule has 0 aromatic heterocycles. The molecule has 1 amide bonds. The monoisotopic (exact) mass is 348 g/mol. The number of hydrogen-bond acceptors (Lipinski definition) is 3. The van der Waals surface area contributed by atoms with Crippen molar-refractivity contribution in [1.29, 1.82) is 0 Å². The first-order valence-corrected chi connectivity index (χ1v) is 8.02. The zero-order valence-electron chi connectivity index (χ0n) is 13.9. The van der Waals surface area contributed by atoms with Crippen molar-refractivity contribution >= 4 is 24.0 Å². The topological polar surface area (TPSA) is 64.3 Å². The minimum atomic E-state index is -0.305. The maximum Gasteiger partial charge on any atom is 0.226 e. The van der Waals surface area contributed by atoms with Crippen molar-refractivity contribution in [3.63, 3.8) is 0 Å². The first-order valence-electron chi connectivity index (χ1n) is 8.02. The molecular formula is C19H25ClN2O2. The van der Waals surface area contributed by atoms with Gasteiger partial charge >= 0.3 is 0 Å². The van der Waals surface area contributed by atoms with Crippen LogP contribution in [-0.2, 0) is 4.79 Å². The number of carbonyl (C=O) groups excluding carboxylic acids is 1. The molecule has 2 aromatic carbocycles. The summed E-state index contributed by atoms with van der Waals surface area (Å²) in [7, 11) is 0. The van der Waals surface area contributed by atoms with Gasteiger partial charge in [0.05, 0.1) is 6.61 Å². The van der Waals surface area contributed by atoms with E-state index in [2.05, 4.69) is 12.2 Å². The minimum absolute atomic E-state index is 0. The van der Waals surface area contributed by atoms with Crippen molar-refractivity contribution in [3.05, 3.63) is 60.2 Å². The predicted octanol–water partition coefficient (Wildman–Crippen LogP) is 4.32. The van der Waals surface area contributed by atoms with Crippen LogP contribution < -0.4 is 15.8 Å². The Balaban J connectivity index is 0.00000288. The van der Waals surface area contributed by atoms with Gasteiger partial charge in [-0.05, 0) is 24.1 Å². The molecule has 2 rings (SSSR count). The van der Waals surface area contributed by atoms with Crippen molar-refractivity contribution in [3.8, 4) is 5.75 Å². The van der Waals surface area contributed by atoms with Gasteiger partial charge in [0.2, 0.25) is 5.91 Å². The van der Waals surface area contributed by atoms with Gasteiger partial charge in [0, 0.05) is 24.2 Å². The third-order valence-corrected chi connectivity index (χ3v) is 3.52. The molecule has 0 aliphatic carbocycles. The fourth-order valence-corrected chi connectivity index (χ4v) is 2.23. The highest BCUT2D eigenvalue weighted by Crippen LogP contribution is 2.19. The van der Waals surface area contributed by atoms with E-state index in [-0.39, 0.29) is 30.8 Å². The van der Waals surface area contributed by atoms with Crippen LogP contribution in [0.15, 0.2) is 54.6 Å². The molecule has 0 heterocycles. The van der Waals surface area contributed by atoms with E-state index in [1.165, 1.54) is 0 Å². The molecule has 4 nitrogen and oxygen atoms in total. The smallest absolute Gasteiger partial charge is 0.226 e. The number of rotatable bonds is 8. The first-order chi connectivity index (χ1) is 11.2. The molecule has 0 radical (unpaired) electrons. The van der Waals surface area contributed by atoms with Gasteiger partial charge in [0.1, 0.15) is 5.75 Å². The first kappa shape index (κ1) is 20.0. The lowest BCUT2D eigenvalue weighted by Crippen LogP contribution is -2.20. The second-order valence-corrected chi connectivity index (χ2v) is 5.50. The average Bonchev–Trinajstić information content (AvgIpc) is 2.56. The van der Waals surface area contributed by atoms with E-state index in [0.717, 1.165) is 29.8 Å². The minimum Gasteiger partial charge on any atom is -0.494 e. The SMILES string of the molecule is CCCCOc1cccc(NC(=O)CC(N)c2ccccc2)c1.Cl. The molecule has 0 fully saturated rings. The third kappa shape index (κ3) is 6.60. The van der Waals surface area contributed by atoms with Gasteiger partial charge in [-0.25, -0.2) is 0 Å². The Morgan fingerprint density at radius 2 is 1.92 bits per heavy atom. The fraction of sp³-hybridized carbons (Fsp3) is 0.316. The molecule has 0 aliphatic rings. The third-order valence-electron chi connectivity index (χ3n) is 3.52. The van der Waals surface area contributed by atoms with Crippen molar-refractivity contribution in [2.24, 2.45) is 5.73 Å². The van der Waals surface area contributed by atoms with E-state index in [9.17, 15) is 4.79 Å². The Kier molecular flexibility index (Phi) is 8.90. The predicted molar refractivity (Wildman–Crippen MR) is 101 cm³/mol. The van der Waals surface area contributed by atoms with Crippen molar-refractivity contribution < 1.29 is 9.53 Å². The fourth-order valence-electron chi connectivity index (χ4n) is 2.23.